The lowest BCUT2D eigenvalue weighted by Crippen LogP contribution is -2.49. The van der Waals surface area contributed by atoms with E-state index in [4.69, 9.17) is 27.9 Å². The van der Waals surface area contributed by atoms with Crippen LogP contribution in [0.15, 0.2) is 42.5 Å². The number of methoxy groups -OCH3 is 1. The summed E-state index contributed by atoms with van der Waals surface area (Å²) in [7, 11) is 1.60. The van der Waals surface area contributed by atoms with Crippen molar-refractivity contribution in [3.05, 3.63) is 63.6 Å². The van der Waals surface area contributed by atoms with E-state index in [0.29, 0.717) is 35.1 Å². The molecule has 0 heterocycles. The molecule has 0 saturated carbocycles. The van der Waals surface area contributed by atoms with Crippen LogP contribution in [0.3, 0.4) is 0 Å². The van der Waals surface area contributed by atoms with Crippen LogP contribution in [0.25, 0.3) is 0 Å². The third-order valence-corrected chi connectivity index (χ3v) is 5.55. The molecule has 2 rings (SSSR count). The summed E-state index contributed by atoms with van der Waals surface area (Å²) in [6, 6.07) is 12.0. The maximum atomic E-state index is 13.3. The highest BCUT2D eigenvalue weighted by atomic mass is 35.5. The summed E-state index contributed by atoms with van der Waals surface area (Å²) in [6.45, 7) is 4.74. The Balaban J connectivity index is 2.32. The van der Waals surface area contributed by atoms with Crippen molar-refractivity contribution in [1.82, 2.24) is 10.2 Å². The molecule has 30 heavy (non-hydrogen) atoms. The fourth-order valence-corrected chi connectivity index (χ4v) is 3.70. The van der Waals surface area contributed by atoms with Gasteiger partial charge in [-0.1, -0.05) is 55.2 Å². The molecule has 162 valence electrons. The van der Waals surface area contributed by atoms with Gasteiger partial charge in [0, 0.05) is 23.1 Å². The minimum atomic E-state index is -0.590. The van der Waals surface area contributed by atoms with E-state index >= 15 is 0 Å². The minimum Gasteiger partial charge on any atom is -0.497 e. The van der Waals surface area contributed by atoms with Gasteiger partial charge in [-0.3, -0.25) is 9.59 Å². The number of hydrogen-bond acceptors (Lipinski definition) is 3. The number of amides is 2. The Labute approximate surface area is 188 Å². The first kappa shape index (κ1) is 24.0. The van der Waals surface area contributed by atoms with Crippen LogP contribution < -0.4 is 10.1 Å². The van der Waals surface area contributed by atoms with Crippen LogP contribution in [0.1, 0.15) is 37.8 Å². The van der Waals surface area contributed by atoms with E-state index < -0.39 is 6.04 Å². The summed E-state index contributed by atoms with van der Waals surface area (Å²) in [5.74, 6) is 0.359. The third kappa shape index (κ3) is 6.38. The minimum absolute atomic E-state index is 0.0201. The molecule has 0 aliphatic rings. The smallest absolute Gasteiger partial charge is 0.242 e. The number of carbonyl (C=O) groups is 2. The summed E-state index contributed by atoms with van der Waals surface area (Å²) >= 11 is 12.5. The summed E-state index contributed by atoms with van der Waals surface area (Å²) in [4.78, 5) is 27.7. The van der Waals surface area contributed by atoms with Crippen molar-refractivity contribution in [2.75, 3.05) is 13.7 Å². The Morgan fingerprint density at radius 1 is 1.07 bits per heavy atom. The second-order valence-electron chi connectivity index (χ2n) is 6.96. The van der Waals surface area contributed by atoms with Crippen molar-refractivity contribution in [2.24, 2.45) is 0 Å². The van der Waals surface area contributed by atoms with Crippen LogP contribution in [0.2, 0.25) is 10.0 Å². The summed E-state index contributed by atoms with van der Waals surface area (Å²) < 4.78 is 5.20. The predicted octanol–water partition coefficient (Wildman–Crippen LogP) is 4.88. The van der Waals surface area contributed by atoms with Gasteiger partial charge in [0.2, 0.25) is 11.8 Å². The second-order valence-corrected chi connectivity index (χ2v) is 7.78. The van der Waals surface area contributed by atoms with Gasteiger partial charge in [0.25, 0.3) is 0 Å². The maximum Gasteiger partial charge on any atom is 0.242 e. The number of nitrogens with one attached hydrogen (secondary N) is 1. The lowest BCUT2D eigenvalue weighted by atomic mass is 10.1. The SMILES string of the molecule is CCCNC(=O)[C@H](CC)N(Cc1ccc(OC)cc1)C(=O)Cc1c(Cl)cccc1Cl. The average molecular weight is 451 g/mol. The number of nitrogens with zero attached hydrogens (tertiary/aromatic N) is 1. The molecule has 1 atom stereocenters. The maximum absolute atomic E-state index is 13.3. The van der Waals surface area contributed by atoms with Gasteiger partial charge in [-0.05, 0) is 48.2 Å². The molecule has 5 nitrogen and oxygen atoms in total. The van der Waals surface area contributed by atoms with Gasteiger partial charge in [0.15, 0.2) is 0 Å². The quantitative estimate of drug-likeness (QED) is 0.560. The van der Waals surface area contributed by atoms with Crippen molar-refractivity contribution < 1.29 is 14.3 Å². The van der Waals surface area contributed by atoms with Crippen LogP contribution in [-0.2, 0) is 22.6 Å². The lowest BCUT2D eigenvalue weighted by molar-refractivity contribution is -0.140. The fraction of sp³-hybridized carbons (Fsp3) is 0.391. The molecule has 0 aliphatic heterocycles. The van der Waals surface area contributed by atoms with Gasteiger partial charge in [0.05, 0.1) is 13.5 Å². The third-order valence-electron chi connectivity index (χ3n) is 4.84. The largest absolute Gasteiger partial charge is 0.497 e. The molecule has 0 aliphatic carbocycles. The van der Waals surface area contributed by atoms with E-state index in [1.807, 2.05) is 38.1 Å². The van der Waals surface area contributed by atoms with E-state index in [9.17, 15) is 9.59 Å². The Kier molecular flexibility index (Phi) is 9.47. The zero-order chi connectivity index (χ0) is 22.1. The topological polar surface area (TPSA) is 58.6 Å². The molecule has 2 amide bonds. The number of benzene rings is 2. The Morgan fingerprint density at radius 2 is 1.70 bits per heavy atom. The number of ether oxygens (including phenoxy) is 1. The molecule has 0 bridgehead atoms. The van der Waals surface area contributed by atoms with Gasteiger partial charge in [0.1, 0.15) is 11.8 Å². The lowest BCUT2D eigenvalue weighted by Gasteiger charge is -2.31. The van der Waals surface area contributed by atoms with Crippen molar-refractivity contribution in [3.63, 3.8) is 0 Å². The molecule has 2 aromatic carbocycles. The number of halogens is 2. The van der Waals surface area contributed by atoms with Gasteiger partial charge in [-0.25, -0.2) is 0 Å². The molecular formula is C23H28Cl2N2O3. The highest BCUT2D eigenvalue weighted by Crippen LogP contribution is 2.26. The highest BCUT2D eigenvalue weighted by molar-refractivity contribution is 6.36. The molecule has 1 N–H and O–H groups in total. The predicted molar refractivity (Wildman–Crippen MR) is 121 cm³/mol. The molecule has 0 fully saturated rings. The molecule has 0 unspecified atom stereocenters. The molecule has 7 heteroatoms. The normalized spacial score (nSPS) is 11.6. The first-order valence-electron chi connectivity index (χ1n) is 10.0. The van der Waals surface area contributed by atoms with Crippen molar-refractivity contribution >= 4 is 35.0 Å². The van der Waals surface area contributed by atoms with E-state index in [1.54, 1.807) is 30.2 Å². The summed E-state index contributed by atoms with van der Waals surface area (Å²) in [6.07, 6.45) is 1.34. The van der Waals surface area contributed by atoms with Crippen LogP contribution in [-0.4, -0.2) is 36.4 Å². The van der Waals surface area contributed by atoms with Gasteiger partial charge in [-0.2, -0.15) is 0 Å². The first-order chi connectivity index (χ1) is 14.4. The zero-order valence-corrected chi connectivity index (χ0v) is 19.1. The Hall–Kier alpha value is -2.24. The summed E-state index contributed by atoms with van der Waals surface area (Å²) in [5.41, 5.74) is 1.46. The van der Waals surface area contributed by atoms with Gasteiger partial charge < -0.3 is 15.0 Å². The molecule has 0 saturated heterocycles. The van der Waals surface area contributed by atoms with Crippen LogP contribution in [0, 0.1) is 0 Å². The summed E-state index contributed by atoms with van der Waals surface area (Å²) in [5, 5.41) is 3.77. The van der Waals surface area contributed by atoms with E-state index in [0.717, 1.165) is 17.7 Å². The standard InChI is InChI=1S/C23H28Cl2N2O3/c1-4-13-26-23(29)21(5-2)27(15-16-9-11-17(30-3)12-10-16)22(28)14-18-19(24)7-6-8-20(18)25/h6-12,21H,4-5,13-15H2,1-3H3,(H,26,29)/t21-/m0/s1. The Morgan fingerprint density at radius 3 is 2.23 bits per heavy atom. The van der Waals surface area contributed by atoms with Crippen LogP contribution in [0.5, 0.6) is 5.75 Å². The van der Waals surface area contributed by atoms with E-state index in [1.165, 1.54) is 0 Å². The molecule has 0 spiro atoms. The average Bonchev–Trinajstić information content (AvgIpc) is 2.75. The first-order valence-corrected chi connectivity index (χ1v) is 10.8. The Bertz CT molecular complexity index is 836. The molecule has 2 aromatic rings. The van der Waals surface area contributed by atoms with E-state index in [-0.39, 0.29) is 18.2 Å². The second kappa shape index (κ2) is 11.8. The van der Waals surface area contributed by atoms with Gasteiger partial charge >= 0.3 is 0 Å². The van der Waals surface area contributed by atoms with Crippen molar-refractivity contribution in [2.45, 2.75) is 45.7 Å². The van der Waals surface area contributed by atoms with Gasteiger partial charge in [-0.15, -0.1) is 0 Å². The van der Waals surface area contributed by atoms with Crippen molar-refractivity contribution in [1.29, 1.82) is 0 Å². The molecule has 0 aromatic heterocycles. The monoisotopic (exact) mass is 450 g/mol. The fourth-order valence-electron chi connectivity index (χ4n) is 3.17. The van der Waals surface area contributed by atoms with Crippen LogP contribution in [0.4, 0.5) is 0 Å². The number of hydrogen-bond donors (Lipinski definition) is 1. The van der Waals surface area contributed by atoms with Crippen molar-refractivity contribution in [3.8, 4) is 5.75 Å². The number of rotatable bonds is 10. The number of carbonyl (C=O) groups excluding carboxylic acids is 2. The highest BCUT2D eigenvalue weighted by Gasteiger charge is 2.29. The van der Waals surface area contributed by atoms with E-state index in [2.05, 4.69) is 5.32 Å². The molecule has 0 radical (unpaired) electrons. The molecular weight excluding hydrogens is 423 g/mol. The van der Waals surface area contributed by atoms with Crippen LogP contribution >= 0.6 is 23.2 Å². The zero-order valence-electron chi connectivity index (χ0n) is 17.6.